The highest BCUT2D eigenvalue weighted by molar-refractivity contribution is 5.79. The summed E-state index contributed by atoms with van der Waals surface area (Å²) in [4.78, 5) is 23.3. The first-order chi connectivity index (χ1) is 12.1. The van der Waals surface area contributed by atoms with Gasteiger partial charge >= 0.3 is 5.97 Å². The number of carboxylic acid groups (broad SMARTS) is 1. The minimum Gasteiger partial charge on any atom is -0.497 e. The number of carboxylic acids is 1. The Morgan fingerprint density at radius 1 is 1.20 bits per heavy atom. The van der Waals surface area contributed by atoms with E-state index in [0.29, 0.717) is 18.8 Å². The lowest BCUT2D eigenvalue weighted by Gasteiger charge is -2.27. The molecule has 5 nitrogen and oxygen atoms in total. The van der Waals surface area contributed by atoms with Crippen LogP contribution >= 0.6 is 0 Å². The number of hydrogen-bond acceptors (Lipinski definition) is 3. The van der Waals surface area contributed by atoms with Crippen LogP contribution < -0.4 is 10.1 Å². The van der Waals surface area contributed by atoms with Crippen LogP contribution in [0.3, 0.4) is 0 Å². The van der Waals surface area contributed by atoms with Gasteiger partial charge in [0.25, 0.3) is 0 Å². The Hall–Kier alpha value is -2.04. The molecule has 0 aromatic heterocycles. The molecule has 1 fully saturated rings. The van der Waals surface area contributed by atoms with Gasteiger partial charge in [0.15, 0.2) is 0 Å². The minimum absolute atomic E-state index is 0.0450. The third kappa shape index (κ3) is 7.16. The molecule has 1 unspecified atom stereocenters. The van der Waals surface area contributed by atoms with E-state index in [1.54, 1.807) is 7.11 Å². The molecule has 2 rings (SSSR count). The standard InChI is InChI=1S/C20H29NO4/c1-25-18-10-7-16(8-11-18)14-19(22)21-17(9-12-20(23)24)13-15-5-3-2-4-6-15/h7-8,10-11,15,17H,2-6,9,12-14H2,1H3,(H,21,22)(H,23,24). The molecule has 1 amide bonds. The van der Waals surface area contributed by atoms with Crippen molar-refractivity contribution in [2.75, 3.05) is 7.11 Å². The molecular weight excluding hydrogens is 318 g/mol. The van der Waals surface area contributed by atoms with Crippen molar-refractivity contribution in [1.29, 1.82) is 0 Å². The second kappa shape index (κ2) is 10.1. The molecular formula is C20H29NO4. The zero-order valence-electron chi connectivity index (χ0n) is 15.0. The Labute approximate surface area is 149 Å². The van der Waals surface area contributed by atoms with E-state index in [4.69, 9.17) is 9.84 Å². The fraction of sp³-hybridized carbons (Fsp3) is 0.600. The van der Waals surface area contributed by atoms with Crippen LogP contribution in [0.15, 0.2) is 24.3 Å². The fourth-order valence-electron chi connectivity index (χ4n) is 3.58. The summed E-state index contributed by atoms with van der Waals surface area (Å²) in [7, 11) is 1.61. The first-order valence-electron chi connectivity index (χ1n) is 9.21. The van der Waals surface area contributed by atoms with E-state index >= 15 is 0 Å². The van der Waals surface area contributed by atoms with Gasteiger partial charge in [0.2, 0.25) is 5.91 Å². The minimum atomic E-state index is -0.807. The summed E-state index contributed by atoms with van der Waals surface area (Å²) >= 11 is 0. The van der Waals surface area contributed by atoms with Crippen molar-refractivity contribution < 1.29 is 19.4 Å². The molecule has 0 heterocycles. The molecule has 1 aliphatic rings. The summed E-state index contributed by atoms with van der Waals surface area (Å²) in [5.41, 5.74) is 0.924. The van der Waals surface area contributed by atoms with Crippen molar-refractivity contribution in [2.45, 2.75) is 63.8 Å². The van der Waals surface area contributed by atoms with Crippen LogP contribution in [-0.2, 0) is 16.0 Å². The molecule has 2 N–H and O–H groups in total. The lowest BCUT2D eigenvalue weighted by molar-refractivity contribution is -0.137. The predicted molar refractivity (Wildman–Crippen MR) is 96.7 cm³/mol. The molecule has 25 heavy (non-hydrogen) atoms. The first-order valence-corrected chi connectivity index (χ1v) is 9.21. The Morgan fingerprint density at radius 3 is 2.48 bits per heavy atom. The predicted octanol–water partition coefficient (Wildman–Crippen LogP) is 3.56. The van der Waals surface area contributed by atoms with E-state index in [-0.39, 0.29) is 18.4 Å². The lowest BCUT2D eigenvalue weighted by Crippen LogP contribution is -2.38. The Bertz CT molecular complexity index is 549. The Kier molecular flexibility index (Phi) is 7.76. The molecule has 0 spiro atoms. The number of carbonyl (C=O) groups is 2. The number of carbonyl (C=O) groups excluding carboxylic acids is 1. The first kappa shape index (κ1) is 19.3. The summed E-state index contributed by atoms with van der Waals surface area (Å²) < 4.78 is 5.12. The van der Waals surface area contributed by atoms with Crippen LogP contribution in [0.5, 0.6) is 5.75 Å². The largest absolute Gasteiger partial charge is 0.497 e. The lowest BCUT2D eigenvalue weighted by atomic mass is 9.84. The molecule has 0 saturated heterocycles. The molecule has 1 atom stereocenters. The van der Waals surface area contributed by atoms with Crippen molar-refractivity contribution in [3.63, 3.8) is 0 Å². The van der Waals surface area contributed by atoms with Gasteiger partial charge in [-0.05, 0) is 36.5 Å². The summed E-state index contributed by atoms with van der Waals surface area (Å²) in [5, 5.41) is 12.0. The Balaban J connectivity index is 1.88. The van der Waals surface area contributed by atoms with E-state index in [2.05, 4.69) is 5.32 Å². The van der Waals surface area contributed by atoms with Gasteiger partial charge in [-0.2, -0.15) is 0 Å². The zero-order valence-corrected chi connectivity index (χ0v) is 15.0. The molecule has 0 radical (unpaired) electrons. The van der Waals surface area contributed by atoms with Gasteiger partial charge in [-0.1, -0.05) is 44.2 Å². The third-order valence-corrected chi connectivity index (χ3v) is 4.94. The molecule has 1 aromatic carbocycles. The molecule has 1 aliphatic carbocycles. The van der Waals surface area contributed by atoms with Crippen LogP contribution in [0.4, 0.5) is 0 Å². The number of hydrogen-bond donors (Lipinski definition) is 2. The number of aliphatic carboxylic acids is 1. The van der Waals surface area contributed by atoms with E-state index in [0.717, 1.165) is 17.7 Å². The van der Waals surface area contributed by atoms with Gasteiger partial charge in [-0.15, -0.1) is 0 Å². The smallest absolute Gasteiger partial charge is 0.303 e. The van der Waals surface area contributed by atoms with E-state index in [1.165, 1.54) is 32.1 Å². The maximum absolute atomic E-state index is 12.4. The third-order valence-electron chi connectivity index (χ3n) is 4.94. The maximum atomic E-state index is 12.4. The van der Waals surface area contributed by atoms with E-state index in [9.17, 15) is 9.59 Å². The number of methoxy groups -OCH3 is 1. The topological polar surface area (TPSA) is 75.6 Å². The summed E-state index contributed by atoms with van der Waals surface area (Å²) in [6.45, 7) is 0. The van der Waals surface area contributed by atoms with Crippen molar-refractivity contribution >= 4 is 11.9 Å². The molecule has 1 aromatic rings. The summed E-state index contributed by atoms with van der Waals surface area (Å²) in [6.07, 6.45) is 7.96. The highest BCUT2D eigenvalue weighted by Crippen LogP contribution is 2.28. The molecule has 5 heteroatoms. The van der Waals surface area contributed by atoms with Gasteiger partial charge in [0.1, 0.15) is 5.75 Å². The van der Waals surface area contributed by atoms with Gasteiger partial charge in [-0.3, -0.25) is 9.59 Å². The highest BCUT2D eigenvalue weighted by Gasteiger charge is 2.21. The average molecular weight is 347 g/mol. The van der Waals surface area contributed by atoms with Gasteiger partial charge in [0.05, 0.1) is 13.5 Å². The number of amides is 1. The monoisotopic (exact) mass is 347 g/mol. The van der Waals surface area contributed by atoms with Crippen molar-refractivity contribution in [2.24, 2.45) is 5.92 Å². The van der Waals surface area contributed by atoms with Crippen LogP contribution in [0.2, 0.25) is 0 Å². The van der Waals surface area contributed by atoms with Crippen molar-refractivity contribution in [3.8, 4) is 5.75 Å². The van der Waals surface area contributed by atoms with Crippen LogP contribution in [-0.4, -0.2) is 30.1 Å². The molecule has 1 saturated carbocycles. The van der Waals surface area contributed by atoms with E-state index < -0.39 is 5.97 Å². The zero-order chi connectivity index (χ0) is 18.1. The van der Waals surface area contributed by atoms with Crippen LogP contribution in [0, 0.1) is 5.92 Å². The van der Waals surface area contributed by atoms with Crippen LogP contribution in [0.1, 0.15) is 56.9 Å². The summed E-state index contributed by atoms with van der Waals surface area (Å²) in [5.74, 6) is 0.518. The number of benzene rings is 1. The van der Waals surface area contributed by atoms with Gasteiger partial charge < -0.3 is 15.2 Å². The van der Waals surface area contributed by atoms with Gasteiger partial charge in [0, 0.05) is 12.5 Å². The van der Waals surface area contributed by atoms with Crippen molar-refractivity contribution in [3.05, 3.63) is 29.8 Å². The highest BCUT2D eigenvalue weighted by atomic mass is 16.5. The molecule has 138 valence electrons. The van der Waals surface area contributed by atoms with Crippen molar-refractivity contribution in [1.82, 2.24) is 5.32 Å². The van der Waals surface area contributed by atoms with E-state index in [1.807, 2.05) is 24.3 Å². The SMILES string of the molecule is COc1ccc(CC(=O)NC(CCC(=O)O)CC2CCCCC2)cc1. The second-order valence-corrected chi connectivity index (χ2v) is 6.96. The molecule has 0 aliphatic heterocycles. The number of ether oxygens (including phenoxy) is 1. The Morgan fingerprint density at radius 2 is 1.88 bits per heavy atom. The number of rotatable bonds is 9. The number of nitrogens with one attached hydrogen (secondary N) is 1. The second-order valence-electron chi connectivity index (χ2n) is 6.96. The molecule has 0 bridgehead atoms. The fourth-order valence-corrected chi connectivity index (χ4v) is 3.58. The quantitative estimate of drug-likeness (QED) is 0.716. The van der Waals surface area contributed by atoms with Gasteiger partial charge in [-0.25, -0.2) is 0 Å². The summed E-state index contributed by atoms with van der Waals surface area (Å²) in [6, 6.07) is 7.39. The average Bonchev–Trinajstić information content (AvgIpc) is 2.61. The van der Waals surface area contributed by atoms with Crippen LogP contribution in [0.25, 0.3) is 0 Å². The normalized spacial score (nSPS) is 16.2. The maximum Gasteiger partial charge on any atom is 0.303 e.